The first-order valence-corrected chi connectivity index (χ1v) is 12.9. The average molecular weight is 524 g/mol. The quantitative estimate of drug-likeness (QED) is 0.314. The van der Waals surface area contributed by atoms with E-state index in [9.17, 15) is 9.59 Å². The fourth-order valence-corrected chi connectivity index (χ4v) is 4.67. The largest absolute Gasteiger partial charge is 0.474 e. The van der Waals surface area contributed by atoms with E-state index in [0.29, 0.717) is 18.1 Å². The zero-order chi connectivity index (χ0) is 25.6. The summed E-state index contributed by atoms with van der Waals surface area (Å²) in [6.45, 7) is 11.5. The van der Waals surface area contributed by atoms with Crippen LogP contribution in [0.5, 0.6) is 5.88 Å². The minimum Gasteiger partial charge on any atom is -0.474 e. The summed E-state index contributed by atoms with van der Waals surface area (Å²) in [7, 11) is 0. The maximum atomic E-state index is 12.3. The Balaban J connectivity index is 0.00000342. The number of pyridine rings is 1. The number of esters is 1. The predicted octanol–water partition coefficient (Wildman–Crippen LogP) is 3.67. The highest BCUT2D eigenvalue weighted by Gasteiger charge is 2.28. The van der Waals surface area contributed by atoms with E-state index in [1.165, 1.54) is 0 Å². The van der Waals surface area contributed by atoms with Gasteiger partial charge in [-0.1, -0.05) is 0 Å². The van der Waals surface area contributed by atoms with Crippen LogP contribution in [0.3, 0.4) is 0 Å². The molecule has 1 aromatic heterocycles. The van der Waals surface area contributed by atoms with Crippen molar-refractivity contribution < 1.29 is 19.1 Å². The molecule has 0 atom stereocenters. The van der Waals surface area contributed by atoms with Crippen LogP contribution >= 0.6 is 0 Å². The molecule has 2 heterocycles. The van der Waals surface area contributed by atoms with Crippen molar-refractivity contribution in [3.63, 3.8) is 0 Å². The number of hydrogen-bond acceptors (Lipinski definition) is 10. The molecule has 1 aliphatic heterocycles. The van der Waals surface area contributed by atoms with Gasteiger partial charge in [0.05, 0.1) is 24.1 Å². The maximum Gasteiger partial charge on any atom is 0.320 e. The third kappa shape index (κ3) is 10.7. The lowest BCUT2D eigenvalue weighted by atomic mass is 9.85. The maximum absolute atomic E-state index is 12.3. The number of amides is 1. The van der Waals surface area contributed by atoms with Gasteiger partial charge in [-0.2, -0.15) is 0 Å². The van der Waals surface area contributed by atoms with Gasteiger partial charge in [-0.25, -0.2) is 4.98 Å². The van der Waals surface area contributed by atoms with Crippen LogP contribution in [0.2, 0.25) is 0 Å². The molecule has 0 radical (unpaired) electrons. The van der Waals surface area contributed by atoms with Gasteiger partial charge in [-0.3, -0.25) is 14.5 Å². The Kier molecular flexibility index (Phi) is 12.6. The molecule has 0 spiro atoms. The molecule has 1 aromatic rings. The summed E-state index contributed by atoms with van der Waals surface area (Å²) in [6, 6.07) is 2.32. The Morgan fingerprint density at radius 3 is 2.30 bits per heavy atom. The molecule has 2 fully saturated rings. The fraction of sp³-hybridized carbons (Fsp3) is 0.731. The standard InChI is InChI=1S/C26H43N5O4.2H3N/c1-17(2)29-25(33)18-6-8-19(9-7-18)30-22-14-23(28-15-21(22)27)34-20-10-12-31(13-11-20)16-24(32)35-26(3,4)5;;/h14-15,17-20H,6-13,16,27H2,1-5H3,(H,28,30)(H,29,33);2*1H3. The van der Waals surface area contributed by atoms with Gasteiger partial charge < -0.3 is 38.1 Å². The number of ether oxygens (including phenoxy) is 2. The highest BCUT2D eigenvalue weighted by Crippen LogP contribution is 2.30. The molecule has 1 saturated heterocycles. The van der Waals surface area contributed by atoms with Gasteiger partial charge in [0.2, 0.25) is 11.8 Å². The molecular formula is C26H49N7O4. The van der Waals surface area contributed by atoms with Crippen LogP contribution in [-0.4, -0.2) is 65.2 Å². The minimum atomic E-state index is -0.465. The highest BCUT2D eigenvalue weighted by molar-refractivity contribution is 5.79. The van der Waals surface area contributed by atoms with Gasteiger partial charge >= 0.3 is 5.97 Å². The molecule has 37 heavy (non-hydrogen) atoms. The van der Waals surface area contributed by atoms with E-state index in [1.807, 2.05) is 40.7 Å². The SMILES string of the molecule is CC(C)NC(=O)C1CCC(Nc2cc(OC3CCN(CC(=O)OC(C)(C)C)CC3)ncc2N)CC1.N.N. The van der Waals surface area contributed by atoms with Crippen LogP contribution in [-0.2, 0) is 14.3 Å². The summed E-state index contributed by atoms with van der Waals surface area (Å²) in [5, 5.41) is 6.56. The molecule has 212 valence electrons. The van der Waals surface area contributed by atoms with E-state index in [-0.39, 0.29) is 48.3 Å². The second-order valence-corrected chi connectivity index (χ2v) is 11.1. The van der Waals surface area contributed by atoms with Crippen molar-refractivity contribution in [2.75, 3.05) is 30.7 Å². The van der Waals surface area contributed by atoms with E-state index >= 15 is 0 Å². The first-order chi connectivity index (χ1) is 16.5. The third-order valence-corrected chi connectivity index (χ3v) is 6.39. The fourth-order valence-electron chi connectivity index (χ4n) is 4.67. The Morgan fingerprint density at radius 1 is 1.11 bits per heavy atom. The zero-order valence-corrected chi connectivity index (χ0v) is 23.3. The second-order valence-electron chi connectivity index (χ2n) is 11.1. The van der Waals surface area contributed by atoms with Crippen molar-refractivity contribution in [1.82, 2.24) is 27.5 Å². The van der Waals surface area contributed by atoms with E-state index in [2.05, 4.69) is 20.5 Å². The first kappa shape index (κ1) is 32.4. The topological polar surface area (TPSA) is 189 Å². The third-order valence-electron chi connectivity index (χ3n) is 6.39. The molecule has 11 nitrogen and oxygen atoms in total. The first-order valence-electron chi connectivity index (χ1n) is 12.9. The lowest BCUT2D eigenvalue weighted by Crippen LogP contribution is -2.42. The Bertz CT molecular complexity index is 859. The van der Waals surface area contributed by atoms with Crippen molar-refractivity contribution >= 4 is 23.3 Å². The number of hydrogen-bond donors (Lipinski definition) is 5. The van der Waals surface area contributed by atoms with Gasteiger partial charge in [0, 0.05) is 37.2 Å². The monoisotopic (exact) mass is 523 g/mol. The number of anilines is 2. The number of nitrogen functional groups attached to an aromatic ring is 1. The van der Waals surface area contributed by atoms with E-state index in [4.69, 9.17) is 15.2 Å². The van der Waals surface area contributed by atoms with E-state index in [1.54, 1.807) is 6.20 Å². The number of nitrogens with one attached hydrogen (secondary N) is 2. The van der Waals surface area contributed by atoms with Crippen LogP contribution in [0.4, 0.5) is 11.4 Å². The molecule has 2 aliphatic rings. The summed E-state index contributed by atoms with van der Waals surface area (Å²) in [6.07, 6.45) is 6.90. The summed E-state index contributed by atoms with van der Waals surface area (Å²) in [5.74, 6) is 0.611. The molecule has 3 rings (SSSR count). The average Bonchev–Trinajstić information content (AvgIpc) is 2.76. The molecule has 0 bridgehead atoms. The van der Waals surface area contributed by atoms with Crippen LogP contribution in [0, 0.1) is 5.92 Å². The van der Waals surface area contributed by atoms with Gasteiger partial charge in [-0.05, 0) is 73.1 Å². The summed E-state index contributed by atoms with van der Waals surface area (Å²) in [5.41, 5.74) is 7.13. The molecule has 1 saturated carbocycles. The van der Waals surface area contributed by atoms with Gasteiger partial charge in [0.1, 0.15) is 11.7 Å². The minimum absolute atomic E-state index is 0. The molecule has 1 aliphatic carbocycles. The summed E-state index contributed by atoms with van der Waals surface area (Å²) >= 11 is 0. The van der Waals surface area contributed by atoms with Crippen LogP contribution < -0.4 is 33.4 Å². The molecule has 0 unspecified atom stereocenters. The Morgan fingerprint density at radius 2 is 1.73 bits per heavy atom. The number of rotatable bonds is 8. The predicted molar refractivity (Wildman–Crippen MR) is 147 cm³/mol. The van der Waals surface area contributed by atoms with Gasteiger partial charge in [0.25, 0.3) is 0 Å². The van der Waals surface area contributed by atoms with E-state index < -0.39 is 5.60 Å². The highest BCUT2D eigenvalue weighted by atomic mass is 16.6. The summed E-state index contributed by atoms with van der Waals surface area (Å²) in [4.78, 5) is 30.8. The van der Waals surface area contributed by atoms with Crippen molar-refractivity contribution in [3.05, 3.63) is 12.3 Å². The van der Waals surface area contributed by atoms with Crippen molar-refractivity contribution in [2.45, 2.75) is 96.9 Å². The van der Waals surface area contributed by atoms with Crippen LogP contribution in [0.15, 0.2) is 12.3 Å². The normalized spacial score (nSPS) is 20.8. The Labute approximate surface area is 221 Å². The van der Waals surface area contributed by atoms with E-state index in [0.717, 1.165) is 57.3 Å². The van der Waals surface area contributed by atoms with Crippen LogP contribution in [0.1, 0.15) is 73.1 Å². The van der Waals surface area contributed by atoms with Crippen LogP contribution in [0.25, 0.3) is 0 Å². The van der Waals surface area contributed by atoms with Crippen molar-refractivity contribution in [2.24, 2.45) is 5.92 Å². The van der Waals surface area contributed by atoms with Crippen molar-refractivity contribution in [3.8, 4) is 5.88 Å². The summed E-state index contributed by atoms with van der Waals surface area (Å²) < 4.78 is 11.6. The van der Waals surface area contributed by atoms with Gasteiger partial charge in [0.15, 0.2) is 0 Å². The number of piperidine rings is 1. The molecule has 11 heteroatoms. The number of carbonyl (C=O) groups excluding carboxylic acids is 2. The smallest absolute Gasteiger partial charge is 0.320 e. The zero-order valence-electron chi connectivity index (χ0n) is 23.3. The number of carbonyl (C=O) groups is 2. The molecular weight excluding hydrogens is 474 g/mol. The van der Waals surface area contributed by atoms with Gasteiger partial charge in [-0.15, -0.1) is 0 Å². The molecule has 1 amide bonds. The number of aromatic nitrogens is 1. The number of nitrogens with two attached hydrogens (primary N) is 1. The van der Waals surface area contributed by atoms with Crippen molar-refractivity contribution in [1.29, 1.82) is 0 Å². The molecule has 0 aromatic carbocycles. The lowest BCUT2D eigenvalue weighted by Gasteiger charge is -2.32. The second kappa shape index (κ2) is 14.3. The number of likely N-dealkylation sites (tertiary alicyclic amines) is 1. The number of nitrogens with zero attached hydrogens (tertiary/aromatic N) is 2. The molecule has 10 N–H and O–H groups in total. The lowest BCUT2D eigenvalue weighted by molar-refractivity contribution is -0.156. The Hall–Kier alpha value is -2.63.